The number of carboxylic acid groups (broad SMARTS) is 1. The molecule has 2 aromatic carbocycles. The molecule has 0 saturated carbocycles. The van der Waals surface area contributed by atoms with Gasteiger partial charge in [-0.05, 0) is 53.4 Å². The fraction of sp³-hybridized carbons (Fsp3) is 0.0952. The zero-order valence-electron chi connectivity index (χ0n) is 16.1. The highest BCUT2D eigenvalue weighted by atomic mass is 32.1. The van der Waals surface area contributed by atoms with E-state index in [0.717, 1.165) is 15.3 Å². The van der Waals surface area contributed by atoms with Crippen molar-refractivity contribution in [2.45, 2.75) is 0 Å². The maximum absolute atomic E-state index is 12.6. The lowest BCUT2D eigenvalue weighted by Gasteiger charge is -2.18. The number of amides is 3. The molecular weight excluding hydrogens is 404 g/mol. The van der Waals surface area contributed by atoms with Gasteiger partial charge in [-0.1, -0.05) is 12.1 Å². The van der Waals surface area contributed by atoms with Gasteiger partial charge in [-0.2, -0.15) is 0 Å². The topological polar surface area (TPSA) is 125 Å². The molecule has 0 aliphatic carbocycles. The van der Waals surface area contributed by atoms with Crippen molar-refractivity contribution in [1.82, 2.24) is 5.32 Å². The number of nitrogens with two attached hydrogens (primary N) is 1. The Morgan fingerprint density at radius 1 is 1.10 bits per heavy atom. The van der Waals surface area contributed by atoms with E-state index in [-0.39, 0.29) is 18.1 Å². The molecule has 3 rings (SSSR count). The Morgan fingerprint density at radius 3 is 2.43 bits per heavy atom. The van der Waals surface area contributed by atoms with Crippen molar-refractivity contribution < 1.29 is 19.5 Å². The summed E-state index contributed by atoms with van der Waals surface area (Å²) in [6.07, 6.45) is -1.27. The molecule has 0 unspecified atom stereocenters. The third-order valence-corrected chi connectivity index (χ3v) is 5.28. The Hall–Kier alpha value is -3.85. The summed E-state index contributed by atoms with van der Waals surface area (Å²) in [6.45, 7) is -0.344. The summed E-state index contributed by atoms with van der Waals surface area (Å²) >= 11 is 1.58. The van der Waals surface area contributed by atoms with E-state index in [1.807, 2.05) is 29.6 Å². The number of thiophene rings is 1. The number of hydrogen-bond donors (Lipinski definition) is 4. The maximum atomic E-state index is 12.6. The summed E-state index contributed by atoms with van der Waals surface area (Å²) in [6, 6.07) is 15.3. The summed E-state index contributed by atoms with van der Waals surface area (Å²) in [5.41, 5.74) is 8.47. The molecule has 5 N–H and O–H groups in total. The Labute approximate surface area is 176 Å². The molecule has 0 saturated heterocycles. The van der Waals surface area contributed by atoms with Crippen LogP contribution in [-0.2, 0) is 4.79 Å². The highest BCUT2D eigenvalue weighted by molar-refractivity contribution is 7.13. The van der Waals surface area contributed by atoms with E-state index in [1.54, 1.807) is 17.4 Å². The van der Waals surface area contributed by atoms with Crippen LogP contribution in [0.5, 0.6) is 0 Å². The van der Waals surface area contributed by atoms with Crippen LogP contribution in [0.15, 0.2) is 60.0 Å². The van der Waals surface area contributed by atoms with E-state index in [2.05, 4.69) is 10.6 Å². The standard InChI is InChI=1S/C21H20N4O4S/c1-23-19(26)12-25(21(28)29)15-7-4-13(5-8-15)20(27)24-17-11-14(6-9-16(17)22)18-3-2-10-30-18/h2-11H,12,22H2,1H3,(H,23,26)(H,24,27)(H,28,29). The van der Waals surface area contributed by atoms with Crippen molar-refractivity contribution >= 4 is 46.3 Å². The van der Waals surface area contributed by atoms with Crippen LogP contribution in [0.4, 0.5) is 21.9 Å². The number of nitrogens with one attached hydrogen (secondary N) is 2. The molecule has 0 bridgehead atoms. The van der Waals surface area contributed by atoms with Gasteiger partial charge in [0.05, 0.1) is 11.4 Å². The van der Waals surface area contributed by atoms with Gasteiger partial charge in [-0.3, -0.25) is 14.5 Å². The number of nitrogens with zero attached hydrogens (tertiary/aromatic N) is 1. The van der Waals surface area contributed by atoms with Gasteiger partial charge in [-0.15, -0.1) is 11.3 Å². The maximum Gasteiger partial charge on any atom is 0.412 e. The number of hydrogen-bond acceptors (Lipinski definition) is 5. The summed E-state index contributed by atoms with van der Waals surface area (Å²) < 4.78 is 0. The minimum absolute atomic E-state index is 0.279. The van der Waals surface area contributed by atoms with Crippen LogP contribution < -0.4 is 21.3 Å². The second-order valence-corrected chi connectivity index (χ2v) is 7.27. The van der Waals surface area contributed by atoms with Crippen LogP contribution in [0.25, 0.3) is 10.4 Å². The van der Waals surface area contributed by atoms with Gasteiger partial charge < -0.3 is 21.5 Å². The minimum atomic E-state index is -1.27. The minimum Gasteiger partial charge on any atom is -0.465 e. The monoisotopic (exact) mass is 424 g/mol. The largest absolute Gasteiger partial charge is 0.465 e. The normalized spacial score (nSPS) is 10.3. The summed E-state index contributed by atoms with van der Waals surface area (Å²) in [5.74, 6) is -0.829. The molecule has 30 heavy (non-hydrogen) atoms. The fourth-order valence-electron chi connectivity index (χ4n) is 2.74. The molecule has 1 heterocycles. The predicted molar refractivity (Wildman–Crippen MR) is 118 cm³/mol. The number of carbonyl (C=O) groups excluding carboxylic acids is 2. The average Bonchev–Trinajstić information content (AvgIpc) is 3.28. The number of rotatable bonds is 6. The van der Waals surface area contributed by atoms with Gasteiger partial charge in [-0.25, -0.2) is 4.79 Å². The van der Waals surface area contributed by atoms with Gasteiger partial charge in [0.15, 0.2) is 0 Å². The first-order chi connectivity index (χ1) is 14.4. The third-order valence-electron chi connectivity index (χ3n) is 4.36. The first-order valence-electron chi connectivity index (χ1n) is 8.95. The van der Waals surface area contributed by atoms with E-state index in [0.29, 0.717) is 16.9 Å². The van der Waals surface area contributed by atoms with E-state index in [9.17, 15) is 19.5 Å². The Kier molecular flexibility index (Phi) is 6.33. The van der Waals surface area contributed by atoms with Gasteiger partial charge in [0, 0.05) is 23.2 Å². The zero-order valence-corrected chi connectivity index (χ0v) is 16.9. The molecule has 0 aliphatic heterocycles. The lowest BCUT2D eigenvalue weighted by Crippen LogP contribution is -2.38. The lowest BCUT2D eigenvalue weighted by molar-refractivity contribution is -0.119. The Bertz CT molecular complexity index is 1070. The van der Waals surface area contributed by atoms with E-state index in [1.165, 1.54) is 31.3 Å². The highest BCUT2D eigenvalue weighted by Gasteiger charge is 2.18. The summed E-state index contributed by atoms with van der Waals surface area (Å²) in [4.78, 5) is 37.6. The number of carbonyl (C=O) groups is 3. The number of anilines is 3. The molecule has 0 spiro atoms. The summed E-state index contributed by atoms with van der Waals surface area (Å²) in [5, 5.41) is 16.5. The molecule has 154 valence electrons. The number of likely N-dealkylation sites (N-methyl/N-ethyl adjacent to an activating group) is 1. The van der Waals surface area contributed by atoms with Gasteiger partial charge in [0.25, 0.3) is 5.91 Å². The first kappa shape index (κ1) is 20.9. The van der Waals surface area contributed by atoms with Crippen molar-refractivity contribution in [3.8, 4) is 10.4 Å². The molecule has 3 aromatic rings. The van der Waals surface area contributed by atoms with Crippen molar-refractivity contribution in [2.75, 3.05) is 29.5 Å². The Morgan fingerprint density at radius 2 is 1.83 bits per heavy atom. The molecule has 3 amide bonds. The first-order valence-corrected chi connectivity index (χ1v) is 9.83. The van der Waals surface area contributed by atoms with Crippen molar-refractivity contribution in [2.24, 2.45) is 0 Å². The second kappa shape index (κ2) is 9.10. The quantitative estimate of drug-likeness (QED) is 0.451. The van der Waals surface area contributed by atoms with Crippen molar-refractivity contribution in [1.29, 1.82) is 0 Å². The van der Waals surface area contributed by atoms with E-state index in [4.69, 9.17) is 5.73 Å². The van der Waals surface area contributed by atoms with Crippen LogP contribution in [0.1, 0.15) is 10.4 Å². The molecule has 0 radical (unpaired) electrons. The number of benzene rings is 2. The molecular formula is C21H20N4O4S. The molecule has 8 nitrogen and oxygen atoms in total. The fourth-order valence-corrected chi connectivity index (χ4v) is 3.46. The van der Waals surface area contributed by atoms with Gasteiger partial charge in [0.2, 0.25) is 5.91 Å². The molecule has 9 heteroatoms. The molecule has 0 fully saturated rings. The van der Waals surface area contributed by atoms with E-state index < -0.39 is 12.0 Å². The van der Waals surface area contributed by atoms with Crippen molar-refractivity contribution in [3.63, 3.8) is 0 Å². The lowest BCUT2D eigenvalue weighted by atomic mass is 10.1. The van der Waals surface area contributed by atoms with Crippen molar-refractivity contribution in [3.05, 3.63) is 65.5 Å². The number of nitrogen functional groups attached to an aromatic ring is 1. The molecule has 0 atom stereocenters. The molecule has 0 aliphatic rings. The van der Waals surface area contributed by atoms with Crippen LogP contribution in [0, 0.1) is 0 Å². The van der Waals surface area contributed by atoms with E-state index >= 15 is 0 Å². The average molecular weight is 424 g/mol. The SMILES string of the molecule is CNC(=O)CN(C(=O)O)c1ccc(C(=O)Nc2cc(-c3cccs3)ccc2N)cc1. The van der Waals surface area contributed by atoms with Crippen LogP contribution >= 0.6 is 11.3 Å². The van der Waals surface area contributed by atoms with Crippen LogP contribution in [0.2, 0.25) is 0 Å². The van der Waals surface area contributed by atoms with Crippen LogP contribution in [0.3, 0.4) is 0 Å². The molecule has 1 aromatic heterocycles. The van der Waals surface area contributed by atoms with Gasteiger partial charge in [0.1, 0.15) is 6.54 Å². The highest BCUT2D eigenvalue weighted by Crippen LogP contribution is 2.30. The second-order valence-electron chi connectivity index (χ2n) is 6.32. The summed E-state index contributed by atoms with van der Waals surface area (Å²) in [7, 11) is 1.43. The van der Waals surface area contributed by atoms with Gasteiger partial charge >= 0.3 is 6.09 Å². The van der Waals surface area contributed by atoms with Crippen LogP contribution in [-0.4, -0.2) is 36.6 Å². The third kappa shape index (κ3) is 4.76. The Balaban J connectivity index is 1.77. The smallest absolute Gasteiger partial charge is 0.412 e. The predicted octanol–water partition coefficient (Wildman–Crippen LogP) is 3.48. The zero-order chi connectivity index (χ0) is 21.7.